The summed E-state index contributed by atoms with van der Waals surface area (Å²) in [6.07, 6.45) is 1.89. The molecule has 0 amide bonds. The third-order valence-electron chi connectivity index (χ3n) is 3.25. The van der Waals surface area contributed by atoms with Crippen molar-refractivity contribution < 1.29 is 9.13 Å². The predicted molar refractivity (Wildman–Crippen MR) is 82.4 cm³/mol. The monoisotopic (exact) mass is 309 g/mol. The number of halogens is 1. The lowest BCUT2D eigenvalue weighted by Crippen LogP contribution is -2.22. The van der Waals surface area contributed by atoms with Crippen LogP contribution >= 0.6 is 11.5 Å². The summed E-state index contributed by atoms with van der Waals surface area (Å²) in [5.41, 5.74) is 1.85. The maximum absolute atomic E-state index is 14.0. The molecule has 0 aliphatic heterocycles. The van der Waals surface area contributed by atoms with Crippen molar-refractivity contribution in [2.75, 3.05) is 13.7 Å². The van der Waals surface area contributed by atoms with E-state index in [1.54, 1.807) is 6.07 Å². The molecule has 0 aliphatic carbocycles. The van der Waals surface area contributed by atoms with E-state index in [9.17, 15) is 4.39 Å². The van der Waals surface area contributed by atoms with Gasteiger partial charge in [0.15, 0.2) is 11.6 Å². The third kappa shape index (κ3) is 3.57. The Bertz CT molecular complexity index is 588. The van der Waals surface area contributed by atoms with E-state index < -0.39 is 0 Å². The summed E-state index contributed by atoms with van der Waals surface area (Å²) in [7, 11) is 1.46. The van der Waals surface area contributed by atoms with Gasteiger partial charge in [-0.1, -0.05) is 30.8 Å². The number of nitrogens with zero attached hydrogens (tertiary/aromatic N) is 2. The quantitative estimate of drug-likeness (QED) is 0.852. The van der Waals surface area contributed by atoms with Crippen molar-refractivity contribution in [2.24, 2.45) is 0 Å². The number of ether oxygens (including phenoxy) is 1. The smallest absolute Gasteiger partial charge is 0.165 e. The molecule has 0 bridgehead atoms. The van der Waals surface area contributed by atoms with Crippen LogP contribution < -0.4 is 10.1 Å². The molecule has 21 heavy (non-hydrogen) atoms. The fraction of sp³-hybridized carbons (Fsp3) is 0.467. The fourth-order valence-electron chi connectivity index (χ4n) is 2.27. The first kappa shape index (κ1) is 15.9. The summed E-state index contributed by atoms with van der Waals surface area (Å²) >= 11 is 1.37. The van der Waals surface area contributed by atoms with Crippen LogP contribution in [0.3, 0.4) is 0 Å². The van der Waals surface area contributed by atoms with Gasteiger partial charge in [0.25, 0.3) is 0 Å². The third-order valence-corrected chi connectivity index (χ3v) is 4.08. The van der Waals surface area contributed by atoms with E-state index in [0.717, 1.165) is 35.5 Å². The Labute approximate surface area is 128 Å². The first-order valence-corrected chi connectivity index (χ1v) is 7.86. The molecule has 1 heterocycles. The number of aromatic nitrogens is 2. The molecule has 4 nitrogen and oxygen atoms in total. The number of hydrogen-bond acceptors (Lipinski definition) is 5. The number of nitrogens with one attached hydrogen (secondary N) is 1. The van der Waals surface area contributed by atoms with Gasteiger partial charge in [-0.05, 0) is 42.2 Å². The molecule has 1 aromatic carbocycles. The van der Waals surface area contributed by atoms with E-state index in [1.807, 2.05) is 13.0 Å². The summed E-state index contributed by atoms with van der Waals surface area (Å²) in [4.78, 5) is 1.06. The van der Waals surface area contributed by atoms with E-state index >= 15 is 0 Å². The highest BCUT2D eigenvalue weighted by Crippen LogP contribution is 2.30. The first-order chi connectivity index (χ1) is 10.2. The molecule has 2 aromatic rings. The van der Waals surface area contributed by atoms with Gasteiger partial charge in [0, 0.05) is 0 Å². The Morgan fingerprint density at radius 3 is 2.81 bits per heavy atom. The summed E-state index contributed by atoms with van der Waals surface area (Å²) in [6, 6.07) is 4.96. The highest BCUT2D eigenvalue weighted by molar-refractivity contribution is 7.05. The molecule has 2 rings (SSSR count). The second kappa shape index (κ2) is 7.47. The summed E-state index contributed by atoms with van der Waals surface area (Å²) in [5.74, 6) is -0.0994. The maximum atomic E-state index is 14.0. The van der Waals surface area contributed by atoms with E-state index in [2.05, 4.69) is 21.8 Å². The van der Waals surface area contributed by atoms with E-state index in [0.29, 0.717) is 0 Å². The van der Waals surface area contributed by atoms with E-state index in [-0.39, 0.29) is 17.6 Å². The molecule has 0 radical (unpaired) electrons. The average Bonchev–Trinajstić information content (AvgIpc) is 2.93. The molecule has 1 atom stereocenters. The van der Waals surface area contributed by atoms with Crippen LogP contribution in [0.25, 0.3) is 0 Å². The Morgan fingerprint density at radius 2 is 2.19 bits per heavy atom. The van der Waals surface area contributed by atoms with E-state index in [1.165, 1.54) is 24.7 Å². The average molecular weight is 309 g/mol. The Morgan fingerprint density at radius 1 is 1.38 bits per heavy atom. The zero-order valence-electron chi connectivity index (χ0n) is 12.5. The molecule has 114 valence electrons. The molecular weight excluding hydrogens is 289 g/mol. The van der Waals surface area contributed by atoms with Crippen LogP contribution in [-0.2, 0) is 6.42 Å². The van der Waals surface area contributed by atoms with Crippen molar-refractivity contribution in [3.05, 3.63) is 40.2 Å². The van der Waals surface area contributed by atoms with Gasteiger partial charge in [-0.3, -0.25) is 0 Å². The van der Waals surface area contributed by atoms with Crippen LogP contribution in [0, 0.1) is 5.82 Å². The second-order valence-corrected chi connectivity index (χ2v) is 5.50. The normalized spacial score (nSPS) is 12.4. The summed E-state index contributed by atoms with van der Waals surface area (Å²) in [6.45, 7) is 4.92. The van der Waals surface area contributed by atoms with Crippen LogP contribution in [0.4, 0.5) is 4.39 Å². The van der Waals surface area contributed by atoms with Crippen molar-refractivity contribution >= 4 is 11.5 Å². The van der Waals surface area contributed by atoms with Gasteiger partial charge in [0.2, 0.25) is 0 Å². The topological polar surface area (TPSA) is 47.0 Å². The molecule has 0 fully saturated rings. The standard InChI is InChI=1S/C15H20FN3OS/c1-4-6-12-15(21-19-18-12)14(17-5-2)10-7-8-13(20-3)11(16)9-10/h7-9,14,17H,4-6H2,1-3H3. The van der Waals surface area contributed by atoms with Crippen LogP contribution in [0.1, 0.15) is 42.4 Å². The molecular formula is C15H20FN3OS. The fourth-order valence-corrected chi connectivity index (χ4v) is 3.07. The highest BCUT2D eigenvalue weighted by Gasteiger charge is 2.21. The van der Waals surface area contributed by atoms with Crippen molar-refractivity contribution in [1.29, 1.82) is 0 Å². The van der Waals surface area contributed by atoms with E-state index in [4.69, 9.17) is 4.74 Å². The lowest BCUT2D eigenvalue weighted by molar-refractivity contribution is 0.386. The molecule has 0 saturated carbocycles. The number of rotatable bonds is 7. The maximum Gasteiger partial charge on any atom is 0.165 e. The Hall–Kier alpha value is -1.53. The van der Waals surface area contributed by atoms with Crippen LogP contribution in [0.15, 0.2) is 18.2 Å². The number of benzene rings is 1. The lowest BCUT2D eigenvalue weighted by Gasteiger charge is -2.18. The summed E-state index contributed by atoms with van der Waals surface area (Å²) < 4.78 is 23.0. The predicted octanol–water partition coefficient (Wildman–Crippen LogP) is 3.34. The molecule has 6 heteroatoms. The van der Waals surface area contributed by atoms with Crippen molar-refractivity contribution in [2.45, 2.75) is 32.7 Å². The zero-order chi connectivity index (χ0) is 15.2. The lowest BCUT2D eigenvalue weighted by atomic mass is 10.0. The minimum atomic E-state index is -0.354. The first-order valence-electron chi connectivity index (χ1n) is 7.09. The van der Waals surface area contributed by atoms with Crippen molar-refractivity contribution in [3.8, 4) is 5.75 Å². The van der Waals surface area contributed by atoms with Gasteiger partial charge >= 0.3 is 0 Å². The summed E-state index contributed by atoms with van der Waals surface area (Å²) in [5, 5.41) is 7.59. The molecule has 1 aromatic heterocycles. The largest absolute Gasteiger partial charge is 0.494 e. The van der Waals surface area contributed by atoms with Gasteiger partial charge in [0.1, 0.15) is 0 Å². The van der Waals surface area contributed by atoms with Gasteiger partial charge in [0.05, 0.1) is 23.7 Å². The Kier molecular flexibility index (Phi) is 5.64. The SMILES string of the molecule is CCCc1nnsc1C(NCC)c1ccc(OC)c(F)c1. The molecule has 1 N–H and O–H groups in total. The zero-order valence-corrected chi connectivity index (χ0v) is 13.3. The minimum absolute atomic E-state index is 0.0862. The molecule has 1 unspecified atom stereocenters. The molecule has 0 aliphatic rings. The highest BCUT2D eigenvalue weighted by atomic mass is 32.1. The number of hydrogen-bond donors (Lipinski definition) is 1. The number of methoxy groups -OCH3 is 1. The van der Waals surface area contributed by atoms with Crippen LogP contribution in [0.5, 0.6) is 5.75 Å². The van der Waals surface area contributed by atoms with Gasteiger partial charge in [-0.25, -0.2) is 4.39 Å². The minimum Gasteiger partial charge on any atom is -0.494 e. The molecule has 0 saturated heterocycles. The van der Waals surface area contributed by atoms with Crippen molar-refractivity contribution in [3.63, 3.8) is 0 Å². The Balaban J connectivity index is 2.38. The van der Waals surface area contributed by atoms with Crippen LogP contribution in [-0.4, -0.2) is 23.2 Å². The van der Waals surface area contributed by atoms with Gasteiger partial charge < -0.3 is 10.1 Å². The molecule has 0 spiro atoms. The van der Waals surface area contributed by atoms with Gasteiger partial charge in [-0.15, -0.1) is 5.10 Å². The van der Waals surface area contributed by atoms with Crippen LogP contribution in [0.2, 0.25) is 0 Å². The number of aryl methyl sites for hydroxylation is 1. The van der Waals surface area contributed by atoms with Gasteiger partial charge in [-0.2, -0.15) is 0 Å². The van der Waals surface area contributed by atoms with Crippen molar-refractivity contribution in [1.82, 2.24) is 14.9 Å². The second-order valence-electron chi connectivity index (χ2n) is 4.72.